The number of benzene rings is 2. The molecule has 136 valence electrons. The fourth-order valence-corrected chi connectivity index (χ4v) is 2.71. The van der Waals surface area contributed by atoms with Crippen molar-refractivity contribution in [3.63, 3.8) is 0 Å². The van der Waals surface area contributed by atoms with Crippen LogP contribution in [0.15, 0.2) is 54.9 Å². The van der Waals surface area contributed by atoms with Crippen molar-refractivity contribution in [3.8, 4) is 11.5 Å². The minimum atomic E-state index is -0.372. The summed E-state index contributed by atoms with van der Waals surface area (Å²) in [5, 5.41) is 6.39. The highest BCUT2D eigenvalue weighted by Gasteiger charge is 2.14. The first-order valence-electron chi connectivity index (χ1n) is 8.24. The molecule has 0 radical (unpaired) electrons. The largest absolute Gasteiger partial charge is 0.486 e. The SMILES string of the molecule is O=C(Nc1ccc2c(c1)OCCO2)c1cnc(Nc2ccccc2Cl)cn1. The Morgan fingerprint density at radius 2 is 1.81 bits per heavy atom. The molecule has 0 atom stereocenters. The van der Waals surface area contributed by atoms with Crippen LogP contribution >= 0.6 is 11.6 Å². The van der Waals surface area contributed by atoms with Crippen LogP contribution < -0.4 is 20.1 Å². The van der Waals surface area contributed by atoms with E-state index in [0.29, 0.717) is 46.9 Å². The van der Waals surface area contributed by atoms with E-state index in [9.17, 15) is 4.79 Å². The molecule has 0 saturated heterocycles. The third kappa shape index (κ3) is 3.93. The molecule has 3 aromatic rings. The number of aromatic nitrogens is 2. The predicted molar refractivity (Wildman–Crippen MR) is 102 cm³/mol. The van der Waals surface area contributed by atoms with Crippen LogP contribution in [0.2, 0.25) is 5.02 Å². The maximum absolute atomic E-state index is 12.4. The van der Waals surface area contributed by atoms with E-state index in [1.54, 1.807) is 24.3 Å². The number of carbonyl (C=O) groups excluding carboxylic acids is 1. The molecule has 7 nitrogen and oxygen atoms in total. The monoisotopic (exact) mass is 382 g/mol. The molecule has 8 heteroatoms. The number of ether oxygens (including phenoxy) is 2. The molecule has 0 fully saturated rings. The summed E-state index contributed by atoms with van der Waals surface area (Å²) in [4.78, 5) is 20.7. The van der Waals surface area contributed by atoms with E-state index < -0.39 is 0 Å². The second kappa shape index (κ2) is 7.51. The van der Waals surface area contributed by atoms with E-state index in [2.05, 4.69) is 20.6 Å². The standard InChI is InChI=1S/C19H15ClN4O3/c20-13-3-1-2-4-14(13)24-18-11-21-15(10-22-18)19(25)23-12-5-6-16-17(9-12)27-8-7-26-16/h1-6,9-11H,7-8H2,(H,22,24)(H,23,25). The molecule has 2 N–H and O–H groups in total. The van der Waals surface area contributed by atoms with Gasteiger partial charge >= 0.3 is 0 Å². The van der Waals surface area contributed by atoms with E-state index in [-0.39, 0.29) is 11.6 Å². The Bertz CT molecular complexity index is 979. The van der Waals surface area contributed by atoms with Gasteiger partial charge in [-0.05, 0) is 24.3 Å². The molecule has 2 aromatic carbocycles. The number of hydrogen-bond donors (Lipinski definition) is 2. The topological polar surface area (TPSA) is 85.4 Å². The van der Waals surface area contributed by atoms with Gasteiger partial charge in [0.05, 0.1) is 23.1 Å². The van der Waals surface area contributed by atoms with Crippen LogP contribution in [0.1, 0.15) is 10.5 Å². The number of rotatable bonds is 4. The minimum absolute atomic E-state index is 0.189. The van der Waals surface area contributed by atoms with Gasteiger partial charge in [0.15, 0.2) is 11.5 Å². The lowest BCUT2D eigenvalue weighted by Crippen LogP contribution is -2.17. The zero-order valence-corrected chi connectivity index (χ0v) is 14.9. The van der Waals surface area contributed by atoms with E-state index in [0.717, 1.165) is 0 Å². The number of halogens is 1. The number of para-hydroxylation sites is 1. The van der Waals surface area contributed by atoms with Gasteiger partial charge in [0.1, 0.15) is 24.7 Å². The second-order valence-corrected chi connectivity index (χ2v) is 6.11. The Morgan fingerprint density at radius 3 is 2.59 bits per heavy atom. The van der Waals surface area contributed by atoms with Crippen molar-refractivity contribution in [2.24, 2.45) is 0 Å². The van der Waals surface area contributed by atoms with Gasteiger partial charge in [0, 0.05) is 11.8 Å². The van der Waals surface area contributed by atoms with Crippen LogP contribution in [-0.2, 0) is 0 Å². The molecule has 1 amide bonds. The smallest absolute Gasteiger partial charge is 0.275 e. The molecule has 0 saturated carbocycles. The highest BCUT2D eigenvalue weighted by molar-refractivity contribution is 6.33. The Hall–Kier alpha value is -3.32. The first-order valence-corrected chi connectivity index (χ1v) is 8.61. The fraction of sp³-hybridized carbons (Fsp3) is 0.105. The lowest BCUT2D eigenvalue weighted by molar-refractivity contribution is 0.102. The summed E-state index contributed by atoms with van der Waals surface area (Å²) in [5.41, 5.74) is 1.49. The van der Waals surface area contributed by atoms with Gasteiger partial charge in [-0.2, -0.15) is 0 Å². The Morgan fingerprint density at radius 1 is 1.00 bits per heavy atom. The highest BCUT2D eigenvalue weighted by Crippen LogP contribution is 2.32. The van der Waals surface area contributed by atoms with Crippen molar-refractivity contribution in [3.05, 3.63) is 65.6 Å². The molecule has 0 aliphatic carbocycles. The van der Waals surface area contributed by atoms with Gasteiger partial charge in [-0.15, -0.1) is 0 Å². The molecule has 1 aromatic heterocycles. The van der Waals surface area contributed by atoms with Gasteiger partial charge in [-0.3, -0.25) is 4.79 Å². The van der Waals surface area contributed by atoms with Crippen LogP contribution in [0.3, 0.4) is 0 Å². The molecule has 27 heavy (non-hydrogen) atoms. The zero-order valence-electron chi connectivity index (χ0n) is 14.1. The third-order valence-corrected chi connectivity index (χ3v) is 4.15. The van der Waals surface area contributed by atoms with E-state index >= 15 is 0 Å². The van der Waals surface area contributed by atoms with Crippen molar-refractivity contribution < 1.29 is 14.3 Å². The molecule has 1 aliphatic heterocycles. The quantitative estimate of drug-likeness (QED) is 0.711. The number of fused-ring (bicyclic) bond motifs is 1. The number of hydrogen-bond acceptors (Lipinski definition) is 6. The van der Waals surface area contributed by atoms with Gasteiger partial charge in [-0.1, -0.05) is 23.7 Å². The summed E-state index contributed by atoms with van der Waals surface area (Å²) in [5.74, 6) is 1.38. The average Bonchev–Trinajstić information content (AvgIpc) is 2.70. The maximum atomic E-state index is 12.4. The number of carbonyl (C=O) groups is 1. The Labute approximate surface area is 160 Å². The summed E-state index contributed by atoms with van der Waals surface area (Å²) < 4.78 is 11.0. The normalized spacial score (nSPS) is 12.3. The number of nitrogens with zero attached hydrogens (tertiary/aromatic N) is 2. The van der Waals surface area contributed by atoms with E-state index in [4.69, 9.17) is 21.1 Å². The van der Waals surface area contributed by atoms with Crippen molar-refractivity contribution >= 4 is 34.7 Å². The highest BCUT2D eigenvalue weighted by atomic mass is 35.5. The number of anilines is 3. The van der Waals surface area contributed by atoms with Crippen molar-refractivity contribution in [2.75, 3.05) is 23.8 Å². The lowest BCUT2D eigenvalue weighted by Gasteiger charge is -2.18. The molecule has 4 rings (SSSR count). The molecule has 0 bridgehead atoms. The molecule has 1 aliphatic rings. The fourth-order valence-electron chi connectivity index (χ4n) is 2.53. The molecule has 0 spiro atoms. The number of nitrogens with one attached hydrogen (secondary N) is 2. The molecular formula is C19H15ClN4O3. The Balaban J connectivity index is 1.44. The summed E-state index contributed by atoms with van der Waals surface area (Å²) in [6.07, 6.45) is 2.87. The maximum Gasteiger partial charge on any atom is 0.275 e. The van der Waals surface area contributed by atoms with Crippen molar-refractivity contribution in [1.29, 1.82) is 0 Å². The summed E-state index contributed by atoms with van der Waals surface area (Å²) in [7, 11) is 0. The van der Waals surface area contributed by atoms with Gasteiger partial charge < -0.3 is 20.1 Å². The van der Waals surface area contributed by atoms with Gasteiger partial charge in [-0.25, -0.2) is 9.97 Å². The first-order chi connectivity index (χ1) is 13.2. The van der Waals surface area contributed by atoms with Crippen LogP contribution in [-0.4, -0.2) is 29.1 Å². The predicted octanol–water partition coefficient (Wildman–Crippen LogP) is 3.90. The molecular weight excluding hydrogens is 368 g/mol. The van der Waals surface area contributed by atoms with Crippen LogP contribution in [0.4, 0.5) is 17.2 Å². The lowest BCUT2D eigenvalue weighted by atomic mass is 10.2. The van der Waals surface area contributed by atoms with E-state index in [1.807, 2.05) is 18.2 Å². The summed E-state index contributed by atoms with van der Waals surface area (Å²) in [6.45, 7) is 0.999. The van der Waals surface area contributed by atoms with Crippen molar-refractivity contribution in [2.45, 2.75) is 0 Å². The third-order valence-electron chi connectivity index (χ3n) is 3.82. The van der Waals surface area contributed by atoms with Gasteiger partial charge in [0.2, 0.25) is 0 Å². The second-order valence-electron chi connectivity index (χ2n) is 5.70. The van der Waals surface area contributed by atoms with Crippen LogP contribution in [0.25, 0.3) is 0 Å². The van der Waals surface area contributed by atoms with Crippen molar-refractivity contribution in [1.82, 2.24) is 9.97 Å². The average molecular weight is 383 g/mol. The first kappa shape index (κ1) is 17.1. The Kier molecular flexibility index (Phi) is 4.76. The van der Waals surface area contributed by atoms with E-state index in [1.165, 1.54) is 12.4 Å². The summed E-state index contributed by atoms with van der Waals surface area (Å²) >= 11 is 6.10. The molecule has 2 heterocycles. The molecule has 0 unspecified atom stereocenters. The van der Waals surface area contributed by atoms with Gasteiger partial charge in [0.25, 0.3) is 5.91 Å². The number of amides is 1. The zero-order chi connectivity index (χ0) is 18.6. The summed E-state index contributed by atoms with van der Waals surface area (Å²) in [6, 6.07) is 12.5. The van der Waals surface area contributed by atoms with Crippen LogP contribution in [0.5, 0.6) is 11.5 Å². The van der Waals surface area contributed by atoms with Crippen LogP contribution in [0, 0.1) is 0 Å². The minimum Gasteiger partial charge on any atom is -0.486 e.